The van der Waals surface area contributed by atoms with Crippen molar-refractivity contribution in [1.29, 1.82) is 0 Å². The molecule has 0 bridgehead atoms. The van der Waals surface area contributed by atoms with Gasteiger partial charge in [0.1, 0.15) is 17.5 Å². The first-order chi connectivity index (χ1) is 15.6. The molecule has 3 aromatic heterocycles. The zero-order chi connectivity index (χ0) is 22.1. The predicted molar refractivity (Wildman–Crippen MR) is 125 cm³/mol. The lowest BCUT2D eigenvalue weighted by Crippen LogP contribution is -2.07. The van der Waals surface area contributed by atoms with E-state index in [1.807, 2.05) is 40.9 Å². The topological polar surface area (TPSA) is 81.1 Å². The van der Waals surface area contributed by atoms with E-state index in [-0.39, 0.29) is 11.9 Å². The van der Waals surface area contributed by atoms with Gasteiger partial charge in [-0.25, -0.2) is 14.4 Å². The van der Waals surface area contributed by atoms with Crippen LogP contribution in [0.5, 0.6) is 0 Å². The molecule has 32 heavy (non-hydrogen) atoms. The number of hydrogen-bond acceptors (Lipinski definition) is 5. The van der Waals surface area contributed by atoms with Gasteiger partial charge in [0, 0.05) is 29.6 Å². The largest absolute Gasteiger partial charge is 0.384 e. The van der Waals surface area contributed by atoms with Gasteiger partial charge in [-0.05, 0) is 55.0 Å². The molecule has 5 rings (SSSR count). The minimum absolute atomic E-state index is 0.0826. The third-order valence-corrected chi connectivity index (χ3v) is 5.33. The van der Waals surface area contributed by atoms with Crippen molar-refractivity contribution < 1.29 is 4.39 Å². The van der Waals surface area contributed by atoms with Crippen LogP contribution in [0.3, 0.4) is 0 Å². The predicted octanol–water partition coefficient (Wildman–Crippen LogP) is 5.35. The summed E-state index contributed by atoms with van der Waals surface area (Å²) in [6, 6.07) is 22.2. The summed E-state index contributed by atoms with van der Waals surface area (Å²) in [6.07, 6.45) is 3.60. The standard InChI is InChI=1S/C25H21FN6/c1-16(17-5-3-2-4-6-17)29-22-15-19(11-13-28-22)24-23(18-7-9-20(26)10-8-18)31-25-30-21(27)12-14-32(24)25/h2-16H,1H3,(H,28,29)(H2,27,30,31). The number of pyridine rings is 1. The van der Waals surface area contributed by atoms with E-state index in [4.69, 9.17) is 10.7 Å². The van der Waals surface area contributed by atoms with Crippen molar-refractivity contribution in [3.8, 4) is 22.5 Å². The molecule has 2 aromatic carbocycles. The quantitative estimate of drug-likeness (QED) is 0.397. The molecule has 0 amide bonds. The van der Waals surface area contributed by atoms with Gasteiger partial charge in [-0.2, -0.15) is 4.98 Å². The molecule has 0 spiro atoms. The monoisotopic (exact) mass is 424 g/mol. The Bertz CT molecular complexity index is 1380. The van der Waals surface area contributed by atoms with Crippen LogP contribution in [0.25, 0.3) is 28.3 Å². The molecule has 158 valence electrons. The summed E-state index contributed by atoms with van der Waals surface area (Å²) >= 11 is 0. The van der Waals surface area contributed by atoms with Crippen molar-refractivity contribution in [3.63, 3.8) is 0 Å². The second-order valence-electron chi connectivity index (χ2n) is 7.54. The Morgan fingerprint density at radius 3 is 2.50 bits per heavy atom. The van der Waals surface area contributed by atoms with Gasteiger partial charge in [0.05, 0.1) is 11.4 Å². The minimum Gasteiger partial charge on any atom is -0.384 e. The molecule has 5 aromatic rings. The Balaban J connectivity index is 1.60. The number of nitrogen functional groups attached to an aromatic ring is 1. The fourth-order valence-electron chi connectivity index (χ4n) is 3.73. The third kappa shape index (κ3) is 3.76. The van der Waals surface area contributed by atoms with E-state index in [0.717, 1.165) is 22.6 Å². The second-order valence-corrected chi connectivity index (χ2v) is 7.54. The van der Waals surface area contributed by atoms with Crippen LogP contribution in [0, 0.1) is 5.82 Å². The highest BCUT2D eigenvalue weighted by molar-refractivity contribution is 5.82. The number of halogens is 1. The molecule has 7 heteroatoms. The summed E-state index contributed by atoms with van der Waals surface area (Å²) in [7, 11) is 0. The molecule has 0 radical (unpaired) electrons. The second kappa shape index (κ2) is 8.11. The molecule has 0 aliphatic rings. The van der Waals surface area contributed by atoms with Crippen LogP contribution >= 0.6 is 0 Å². The summed E-state index contributed by atoms with van der Waals surface area (Å²) < 4.78 is 15.4. The molecule has 0 fully saturated rings. The highest BCUT2D eigenvalue weighted by atomic mass is 19.1. The first-order valence-electron chi connectivity index (χ1n) is 10.3. The Morgan fingerprint density at radius 2 is 1.72 bits per heavy atom. The highest BCUT2D eigenvalue weighted by Crippen LogP contribution is 2.33. The molecule has 3 N–H and O–H groups in total. The molecular formula is C25H21FN6. The van der Waals surface area contributed by atoms with Gasteiger partial charge in [-0.1, -0.05) is 30.3 Å². The normalized spacial score (nSPS) is 12.1. The summed E-state index contributed by atoms with van der Waals surface area (Å²) in [6.45, 7) is 2.09. The van der Waals surface area contributed by atoms with Crippen LogP contribution < -0.4 is 11.1 Å². The molecular weight excluding hydrogens is 403 g/mol. The van der Waals surface area contributed by atoms with E-state index in [1.165, 1.54) is 17.7 Å². The number of hydrogen-bond donors (Lipinski definition) is 2. The smallest absolute Gasteiger partial charge is 0.236 e. The lowest BCUT2D eigenvalue weighted by molar-refractivity contribution is 0.628. The van der Waals surface area contributed by atoms with E-state index in [9.17, 15) is 4.39 Å². The number of rotatable bonds is 5. The van der Waals surface area contributed by atoms with Crippen LogP contribution in [0.15, 0.2) is 85.2 Å². The molecule has 0 aliphatic carbocycles. The third-order valence-electron chi connectivity index (χ3n) is 5.33. The van der Waals surface area contributed by atoms with Crippen molar-refractivity contribution in [2.75, 3.05) is 11.1 Å². The summed E-state index contributed by atoms with van der Waals surface area (Å²) in [5.41, 5.74) is 10.3. The molecule has 0 aliphatic heterocycles. The number of anilines is 2. The number of nitrogens with two attached hydrogens (primary N) is 1. The number of fused-ring (bicyclic) bond motifs is 1. The first kappa shape index (κ1) is 19.7. The van der Waals surface area contributed by atoms with E-state index in [0.29, 0.717) is 17.3 Å². The SMILES string of the molecule is CC(Nc1cc(-c2c(-c3ccc(F)cc3)nc3nc(N)ccn23)ccn1)c1ccccc1. The fraction of sp³-hybridized carbons (Fsp3) is 0.0800. The summed E-state index contributed by atoms with van der Waals surface area (Å²) in [4.78, 5) is 13.6. The van der Waals surface area contributed by atoms with Gasteiger partial charge >= 0.3 is 0 Å². The fourth-order valence-corrected chi connectivity index (χ4v) is 3.73. The lowest BCUT2D eigenvalue weighted by atomic mass is 10.1. The number of aromatic nitrogens is 4. The Morgan fingerprint density at radius 1 is 0.938 bits per heavy atom. The molecule has 6 nitrogen and oxygen atoms in total. The Hall–Kier alpha value is -4.26. The van der Waals surface area contributed by atoms with Crippen molar-refractivity contribution in [1.82, 2.24) is 19.4 Å². The Labute approximate surface area is 184 Å². The number of imidazole rings is 1. The van der Waals surface area contributed by atoms with Crippen LogP contribution in [-0.2, 0) is 0 Å². The number of benzene rings is 2. The summed E-state index contributed by atoms with van der Waals surface area (Å²) in [5, 5.41) is 3.46. The van der Waals surface area contributed by atoms with Gasteiger partial charge in [0.2, 0.25) is 5.78 Å². The van der Waals surface area contributed by atoms with E-state index < -0.39 is 0 Å². The zero-order valence-corrected chi connectivity index (χ0v) is 17.4. The van der Waals surface area contributed by atoms with Gasteiger partial charge in [-0.3, -0.25) is 4.40 Å². The maximum Gasteiger partial charge on any atom is 0.236 e. The Kier molecular flexibility index (Phi) is 4.99. The van der Waals surface area contributed by atoms with Crippen LogP contribution in [0.1, 0.15) is 18.5 Å². The molecule has 0 saturated carbocycles. The first-order valence-corrected chi connectivity index (χ1v) is 10.3. The van der Waals surface area contributed by atoms with Gasteiger partial charge in [-0.15, -0.1) is 0 Å². The van der Waals surface area contributed by atoms with E-state index in [1.54, 1.807) is 24.4 Å². The average molecular weight is 424 g/mol. The molecule has 0 saturated heterocycles. The van der Waals surface area contributed by atoms with Crippen LogP contribution in [0.2, 0.25) is 0 Å². The van der Waals surface area contributed by atoms with Gasteiger partial charge in [0.15, 0.2) is 0 Å². The van der Waals surface area contributed by atoms with Gasteiger partial charge < -0.3 is 11.1 Å². The van der Waals surface area contributed by atoms with E-state index in [2.05, 4.69) is 34.3 Å². The van der Waals surface area contributed by atoms with E-state index >= 15 is 0 Å². The molecule has 1 unspecified atom stereocenters. The highest BCUT2D eigenvalue weighted by Gasteiger charge is 2.18. The number of nitrogens with zero attached hydrogens (tertiary/aromatic N) is 4. The zero-order valence-electron chi connectivity index (χ0n) is 17.4. The van der Waals surface area contributed by atoms with Crippen molar-refractivity contribution >= 4 is 17.4 Å². The average Bonchev–Trinajstić information content (AvgIpc) is 3.19. The molecule has 1 atom stereocenters. The maximum absolute atomic E-state index is 13.5. The van der Waals surface area contributed by atoms with Crippen LogP contribution in [0.4, 0.5) is 16.0 Å². The van der Waals surface area contributed by atoms with Crippen molar-refractivity contribution in [2.45, 2.75) is 13.0 Å². The van der Waals surface area contributed by atoms with Crippen LogP contribution in [-0.4, -0.2) is 19.4 Å². The maximum atomic E-state index is 13.5. The number of nitrogens with one attached hydrogen (secondary N) is 1. The summed E-state index contributed by atoms with van der Waals surface area (Å²) in [5.74, 6) is 1.30. The van der Waals surface area contributed by atoms with Crippen molar-refractivity contribution in [2.24, 2.45) is 0 Å². The van der Waals surface area contributed by atoms with Gasteiger partial charge in [0.25, 0.3) is 0 Å². The molecule has 3 heterocycles. The van der Waals surface area contributed by atoms with Crippen molar-refractivity contribution in [3.05, 3.63) is 96.6 Å². The lowest BCUT2D eigenvalue weighted by Gasteiger charge is -2.15. The minimum atomic E-state index is -0.299.